The number of hydrogen-bond donors (Lipinski definition) is 1. The molecule has 0 radical (unpaired) electrons. The van der Waals surface area contributed by atoms with Gasteiger partial charge < -0.3 is 15.1 Å². The van der Waals surface area contributed by atoms with Crippen LogP contribution in [0.15, 0.2) is 123 Å². The highest BCUT2D eigenvalue weighted by atomic mass is 32.2. The second kappa shape index (κ2) is 13.3. The molecule has 45 heavy (non-hydrogen) atoms. The Labute approximate surface area is 268 Å². The monoisotopic (exact) mass is 638 g/mol. The topological polar surface area (TPSA) is 99.1 Å². The smallest absolute Gasteiger partial charge is 0.245 e. The highest BCUT2D eigenvalue weighted by molar-refractivity contribution is 7.99. The Kier molecular flexibility index (Phi) is 9.04. The molecule has 2 aliphatic heterocycles. The molecule has 0 bridgehead atoms. The van der Waals surface area contributed by atoms with E-state index in [4.69, 9.17) is 4.99 Å². The molecule has 2 aliphatic rings. The molecule has 1 N–H and O–H groups in total. The van der Waals surface area contributed by atoms with Crippen LogP contribution >= 0.6 is 11.8 Å². The zero-order valence-electron chi connectivity index (χ0n) is 24.9. The summed E-state index contributed by atoms with van der Waals surface area (Å²) in [4.78, 5) is 38.7. The molecule has 4 aromatic rings. The summed E-state index contributed by atoms with van der Waals surface area (Å²) in [6.07, 6.45) is 1.55. The first kappa shape index (κ1) is 30.6. The van der Waals surface area contributed by atoms with E-state index >= 15 is 0 Å². The van der Waals surface area contributed by atoms with Gasteiger partial charge in [0.15, 0.2) is 9.84 Å². The summed E-state index contributed by atoms with van der Waals surface area (Å²) >= 11 is 1.72. The van der Waals surface area contributed by atoms with E-state index < -0.39 is 15.9 Å². The quantitative estimate of drug-likeness (QED) is 0.314. The minimum absolute atomic E-state index is 0.0368. The van der Waals surface area contributed by atoms with Crippen LogP contribution in [-0.4, -0.2) is 74.3 Å². The molecule has 1 saturated heterocycles. The lowest BCUT2D eigenvalue weighted by atomic mass is 10.0. The number of nitrogens with zero attached hydrogens (tertiary/aromatic N) is 3. The van der Waals surface area contributed by atoms with Crippen molar-refractivity contribution in [3.63, 3.8) is 0 Å². The molecule has 1 unspecified atom stereocenters. The molecular formula is C35H34N4O4S2. The first-order valence-electron chi connectivity index (χ1n) is 14.9. The van der Waals surface area contributed by atoms with Crippen LogP contribution in [0.1, 0.15) is 16.7 Å². The Morgan fingerprint density at radius 3 is 2.16 bits per heavy atom. The zero-order chi connectivity index (χ0) is 31.4. The van der Waals surface area contributed by atoms with Crippen molar-refractivity contribution < 1.29 is 18.0 Å². The molecule has 230 valence electrons. The molecule has 4 aromatic carbocycles. The molecule has 0 aliphatic carbocycles. The van der Waals surface area contributed by atoms with Gasteiger partial charge in [-0.25, -0.2) is 13.4 Å². The van der Waals surface area contributed by atoms with E-state index in [0.717, 1.165) is 38.7 Å². The van der Waals surface area contributed by atoms with Crippen LogP contribution in [0.4, 0.5) is 5.69 Å². The van der Waals surface area contributed by atoms with Crippen molar-refractivity contribution in [3.05, 3.63) is 120 Å². The fraction of sp³-hybridized carbons (Fsp3) is 0.229. The fourth-order valence-corrected chi connectivity index (χ4v) is 7.25. The minimum Gasteiger partial charge on any atom is -0.353 e. The number of rotatable bonds is 7. The number of nitrogens with one attached hydrogen (secondary N) is 1. The largest absolute Gasteiger partial charge is 0.353 e. The number of sulfone groups is 1. The van der Waals surface area contributed by atoms with E-state index in [1.165, 1.54) is 12.1 Å². The van der Waals surface area contributed by atoms with E-state index in [1.54, 1.807) is 23.9 Å². The summed E-state index contributed by atoms with van der Waals surface area (Å²) in [7, 11) is -3.33. The van der Waals surface area contributed by atoms with Crippen molar-refractivity contribution in [3.8, 4) is 0 Å². The number of fused-ring (bicyclic) bond motifs is 2. The van der Waals surface area contributed by atoms with Gasteiger partial charge in [-0.3, -0.25) is 9.59 Å². The molecule has 1 atom stereocenters. The summed E-state index contributed by atoms with van der Waals surface area (Å²) in [6, 6.07) is 31.6. The third-order valence-electron chi connectivity index (χ3n) is 7.96. The molecule has 0 aromatic heterocycles. The van der Waals surface area contributed by atoms with Crippen LogP contribution in [-0.2, 0) is 32.3 Å². The van der Waals surface area contributed by atoms with Gasteiger partial charge in [-0.2, -0.15) is 0 Å². The standard InChI is InChI=1S/C35H34N4O4S2/c1-45(42,43)27-17-15-26(16-18-27)24-33(40)36-30(23-25-9-3-2-4-10-25)35(41)39-21-19-38(20-22-39)34-28-11-5-7-13-31(28)44-32-14-8-6-12-29(32)37-34/h2-18,30H,19-24H2,1H3,(H,36,40). The third-order valence-corrected chi connectivity index (χ3v) is 10.2. The summed E-state index contributed by atoms with van der Waals surface area (Å²) in [5, 5.41) is 2.97. The van der Waals surface area contributed by atoms with Crippen molar-refractivity contribution in [1.82, 2.24) is 15.1 Å². The van der Waals surface area contributed by atoms with E-state index in [-0.39, 0.29) is 23.1 Å². The molecule has 6 rings (SSSR count). The molecular weight excluding hydrogens is 605 g/mol. The molecule has 10 heteroatoms. The number of piperazine rings is 1. The fourth-order valence-electron chi connectivity index (χ4n) is 5.60. The number of amides is 2. The number of carbonyl (C=O) groups is 2. The van der Waals surface area contributed by atoms with Gasteiger partial charge >= 0.3 is 0 Å². The van der Waals surface area contributed by atoms with Crippen LogP contribution in [0.2, 0.25) is 0 Å². The highest BCUT2D eigenvalue weighted by Crippen LogP contribution is 2.40. The summed E-state index contributed by atoms with van der Waals surface area (Å²) < 4.78 is 23.6. The average Bonchev–Trinajstić information content (AvgIpc) is 3.21. The number of benzene rings is 4. The Balaban J connectivity index is 1.16. The number of carbonyl (C=O) groups excluding carboxylic acids is 2. The maximum absolute atomic E-state index is 13.9. The van der Waals surface area contributed by atoms with Gasteiger partial charge in [0.2, 0.25) is 11.8 Å². The Morgan fingerprint density at radius 2 is 1.44 bits per heavy atom. The number of para-hydroxylation sites is 1. The van der Waals surface area contributed by atoms with Crippen LogP contribution in [0, 0.1) is 0 Å². The lowest BCUT2D eigenvalue weighted by molar-refractivity contribution is -0.137. The molecule has 2 amide bonds. The van der Waals surface area contributed by atoms with Gasteiger partial charge in [0.1, 0.15) is 11.9 Å². The average molecular weight is 639 g/mol. The maximum atomic E-state index is 13.9. The molecule has 1 fully saturated rings. The van der Waals surface area contributed by atoms with Gasteiger partial charge in [-0.15, -0.1) is 0 Å². The van der Waals surface area contributed by atoms with Crippen LogP contribution in [0.25, 0.3) is 0 Å². The maximum Gasteiger partial charge on any atom is 0.245 e. The van der Waals surface area contributed by atoms with Gasteiger partial charge in [-0.1, -0.05) is 84.6 Å². The summed E-state index contributed by atoms with van der Waals surface area (Å²) in [6.45, 7) is 2.24. The van der Waals surface area contributed by atoms with Crippen molar-refractivity contribution >= 4 is 44.9 Å². The molecule has 2 heterocycles. The van der Waals surface area contributed by atoms with Crippen LogP contribution in [0.3, 0.4) is 0 Å². The van der Waals surface area contributed by atoms with Gasteiger partial charge in [0.25, 0.3) is 0 Å². The number of hydrogen-bond acceptors (Lipinski definition) is 7. The Morgan fingerprint density at radius 1 is 0.800 bits per heavy atom. The van der Waals surface area contributed by atoms with Gasteiger partial charge in [0.05, 0.1) is 17.0 Å². The summed E-state index contributed by atoms with van der Waals surface area (Å²) in [5.74, 6) is 0.491. The Bertz CT molecular complexity index is 1840. The first-order valence-corrected chi connectivity index (χ1v) is 17.6. The van der Waals surface area contributed by atoms with E-state index in [9.17, 15) is 18.0 Å². The highest BCUT2D eigenvalue weighted by Gasteiger charge is 2.31. The minimum atomic E-state index is -3.33. The lowest BCUT2D eigenvalue weighted by Gasteiger charge is -2.38. The normalized spacial score (nSPS) is 15.3. The summed E-state index contributed by atoms with van der Waals surface area (Å²) in [5.41, 5.74) is 3.64. The van der Waals surface area contributed by atoms with E-state index in [1.807, 2.05) is 65.6 Å². The first-order chi connectivity index (χ1) is 21.7. The molecule has 0 spiro atoms. The van der Waals surface area contributed by atoms with Crippen molar-refractivity contribution in [2.45, 2.75) is 33.6 Å². The van der Waals surface area contributed by atoms with E-state index in [0.29, 0.717) is 38.2 Å². The second-order valence-corrected chi connectivity index (χ2v) is 14.3. The van der Waals surface area contributed by atoms with Crippen LogP contribution < -0.4 is 5.32 Å². The predicted octanol–water partition coefficient (Wildman–Crippen LogP) is 4.75. The van der Waals surface area contributed by atoms with Crippen LogP contribution in [0.5, 0.6) is 0 Å². The zero-order valence-corrected chi connectivity index (χ0v) is 26.6. The van der Waals surface area contributed by atoms with Gasteiger partial charge in [-0.05, 0) is 41.5 Å². The van der Waals surface area contributed by atoms with Crippen molar-refractivity contribution in [1.29, 1.82) is 0 Å². The molecule has 8 nitrogen and oxygen atoms in total. The van der Waals surface area contributed by atoms with Crippen molar-refractivity contribution in [2.75, 3.05) is 32.4 Å². The van der Waals surface area contributed by atoms with E-state index in [2.05, 4.69) is 28.4 Å². The third kappa shape index (κ3) is 7.29. The number of aliphatic imine (C=N–C) groups is 1. The van der Waals surface area contributed by atoms with Gasteiger partial charge in [0, 0.05) is 54.2 Å². The second-order valence-electron chi connectivity index (χ2n) is 11.2. The number of amidine groups is 1. The SMILES string of the molecule is CS(=O)(=O)c1ccc(CC(=O)NC(Cc2ccccc2)C(=O)N2CCN(C3=Nc4ccccc4Sc4ccccc43)CC2)cc1. The molecule has 0 saturated carbocycles. The Hall–Kier alpha value is -4.41. The predicted molar refractivity (Wildman–Crippen MR) is 177 cm³/mol. The van der Waals surface area contributed by atoms with Crippen molar-refractivity contribution in [2.24, 2.45) is 4.99 Å². The lowest BCUT2D eigenvalue weighted by Crippen LogP contribution is -2.56.